The maximum absolute atomic E-state index is 12.0. The highest BCUT2D eigenvalue weighted by atomic mass is 16.6. The number of ether oxygens (including phenoxy) is 1. The van der Waals surface area contributed by atoms with Crippen molar-refractivity contribution in [1.29, 1.82) is 0 Å². The first-order valence-electron chi connectivity index (χ1n) is 8.04. The molecule has 21 heavy (non-hydrogen) atoms. The molecule has 2 rings (SSSR count). The Kier molecular flexibility index (Phi) is 4.79. The highest BCUT2D eigenvalue weighted by Gasteiger charge is 2.40. The van der Waals surface area contributed by atoms with Crippen LogP contribution in [0.2, 0.25) is 0 Å². The zero-order chi connectivity index (χ0) is 15.6. The Bertz CT molecular complexity index is 403. The predicted molar refractivity (Wildman–Crippen MR) is 80.8 cm³/mol. The van der Waals surface area contributed by atoms with Gasteiger partial charge in [0, 0.05) is 18.0 Å². The van der Waals surface area contributed by atoms with Crippen LogP contribution in [0.5, 0.6) is 0 Å². The number of hydrogen-bond acceptors (Lipinski definition) is 3. The van der Waals surface area contributed by atoms with E-state index in [1.54, 1.807) is 0 Å². The van der Waals surface area contributed by atoms with Gasteiger partial charge in [-0.05, 0) is 58.8 Å². The molecule has 0 spiro atoms. The highest BCUT2D eigenvalue weighted by Crippen LogP contribution is 2.38. The summed E-state index contributed by atoms with van der Waals surface area (Å²) in [6, 6.07) is 0.273. The standard InChI is InChI=1S/C16H28N2O3/c1-10-8-13(10)14(19)17-11-6-5-7-12(9-11)18-15(20)21-16(2,3)4/h10-13H,5-9H2,1-4H3,(H,17,19)(H,18,20)/t10-,11+,12-,13+/m1/s1. The third-order valence-corrected chi connectivity index (χ3v) is 4.19. The third-order valence-electron chi connectivity index (χ3n) is 4.19. The molecular weight excluding hydrogens is 268 g/mol. The fourth-order valence-corrected chi connectivity index (χ4v) is 2.92. The van der Waals surface area contributed by atoms with Gasteiger partial charge in [0.25, 0.3) is 0 Å². The van der Waals surface area contributed by atoms with E-state index in [0.29, 0.717) is 5.92 Å². The van der Waals surface area contributed by atoms with Gasteiger partial charge in [0.15, 0.2) is 0 Å². The number of nitrogens with one attached hydrogen (secondary N) is 2. The molecule has 0 radical (unpaired) electrons. The summed E-state index contributed by atoms with van der Waals surface area (Å²) in [5.74, 6) is 0.930. The van der Waals surface area contributed by atoms with E-state index in [9.17, 15) is 9.59 Å². The van der Waals surface area contributed by atoms with Crippen LogP contribution in [0.1, 0.15) is 59.8 Å². The molecule has 0 aromatic carbocycles. The van der Waals surface area contributed by atoms with E-state index < -0.39 is 5.60 Å². The molecule has 0 unspecified atom stereocenters. The van der Waals surface area contributed by atoms with Crippen LogP contribution in [-0.4, -0.2) is 29.7 Å². The molecule has 0 bridgehead atoms. The van der Waals surface area contributed by atoms with E-state index in [-0.39, 0.29) is 30.0 Å². The molecule has 5 heteroatoms. The van der Waals surface area contributed by atoms with Gasteiger partial charge in [0.05, 0.1) is 0 Å². The monoisotopic (exact) mass is 296 g/mol. The number of hydrogen-bond donors (Lipinski definition) is 2. The van der Waals surface area contributed by atoms with E-state index >= 15 is 0 Å². The molecule has 2 saturated carbocycles. The maximum atomic E-state index is 12.0. The van der Waals surface area contributed by atoms with Crippen LogP contribution in [0, 0.1) is 11.8 Å². The van der Waals surface area contributed by atoms with Crippen LogP contribution in [-0.2, 0) is 9.53 Å². The fourth-order valence-electron chi connectivity index (χ4n) is 2.92. The van der Waals surface area contributed by atoms with Gasteiger partial charge in [-0.25, -0.2) is 4.79 Å². The second-order valence-electron chi connectivity index (χ2n) is 7.53. The van der Waals surface area contributed by atoms with Gasteiger partial charge in [-0.15, -0.1) is 0 Å². The van der Waals surface area contributed by atoms with Crippen molar-refractivity contribution in [2.75, 3.05) is 0 Å². The molecule has 2 fully saturated rings. The predicted octanol–water partition coefficient (Wildman–Crippen LogP) is 2.59. The maximum Gasteiger partial charge on any atom is 0.407 e. The topological polar surface area (TPSA) is 67.4 Å². The first-order chi connectivity index (χ1) is 9.74. The van der Waals surface area contributed by atoms with Gasteiger partial charge >= 0.3 is 6.09 Å². The Hall–Kier alpha value is -1.26. The summed E-state index contributed by atoms with van der Waals surface area (Å²) in [6.45, 7) is 7.67. The van der Waals surface area contributed by atoms with Crippen molar-refractivity contribution >= 4 is 12.0 Å². The summed E-state index contributed by atoms with van der Waals surface area (Å²) >= 11 is 0. The molecule has 4 atom stereocenters. The van der Waals surface area contributed by atoms with Crippen LogP contribution >= 0.6 is 0 Å². The quantitative estimate of drug-likeness (QED) is 0.841. The van der Waals surface area contributed by atoms with Gasteiger partial charge in [-0.2, -0.15) is 0 Å². The molecule has 0 aromatic rings. The average Bonchev–Trinajstić information content (AvgIpc) is 3.04. The van der Waals surface area contributed by atoms with Crippen molar-refractivity contribution in [2.45, 2.75) is 77.5 Å². The second-order valence-corrected chi connectivity index (χ2v) is 7.53. The summed E-state index contributed by atoms with van der Waals surface area (Å²) in [7, 11) is 0. The van der Waals surface area contributed by atoms with Gasteiger partial charge in [-0.3, -0.25) is 4.79 Å². The van der Waals surface area contributed by atoms with Gasteiger partial charge in [0.1, 0.15) is 5.60 Å². The van der Waals surface area contributed by atoms with Crippen molar-refractivity contribution in [2.24, 2.45) is 11.8 Å². The van der Waals surface area contributed by atoms with Crippen LogP contribution in [0.25, 0.3) is 0 Å². The van der Waals surface area contributed by atoms with E-state index in [0.717, 1.165) is 32.1 Å². The molecule has 0 saturated heterocycles. The smallest absolute Gasteiger partial charge is 0.407 e. The molecule has 5 nitrogen and oxygen atoms in total. The average molecular weight is 296 g/mol. The number of carbonyl (C=O) groups is 2. The number of rotatable bonds is 3. The van der Waals surface area contributed by atoms with E-state index in [4.69, 9.17) is 4.74 Å². The third kappa shape index (κ3) is 5.21. The first-order valence-corrected chi connectivity index (χ1v) is 8.04. The van der Waals surface area contributed by atoms with Crippen molar-refractivity contribution < 1.29 is 14.3 Å². The minimum atomic E-state index is -0.478. The van der Waals surface area contributed by atoms with Crippen molar-refractivity contribution in [3.05, 3.63) is 0 Å². The van der Waals surface area contributed by atoms with Crippen LogP contribution in [0.15, 0.2) is 0 Å². The minimum absolute atomic E-state index is 0.0931. The lowest BCUT2D eigenvalue weighted by Crippen LogP contribution is -2.47. The van der Waals surface area contributed by atoms with Gasteiger partial charge in [0.2, 0.25) is 5.91 Å². The zero-order valence-corrected chi connectivity index (χ0v) is 13.6. The van der Waals surface area contributed by atoms with Crippen molar-refractivity contribution in [3.63, 3.8) is 0 Å². The van der Waals surface area contributed by atoms with Gasteiger partial charge in [-0.1, -0.05) is 6.92 Å². The molecule has 120 valence electrons. The number of alkyl carbamates (subject to hydrolysis) is 1. The molecule has 0 heterocycles. The molecule has 2 N–H and O–H groups in total. The summed E-state index contributed by atoms with van der Waals surface area (Å²) < 4.78 is 5.28. The Morgan fingerprint density at radius 3 is 2.14 bits per heavy atom. The first kappa shape index (κ1) is 16.1. The summed E-state index contributed by atoms with van der Waals surface area (Å²) in [5.41, 5.74) is -0.478. The van der Waals surface area contributed by atoms with Crippen LogP contribution < -0.4 is 10.6 Å². The normalized spacial score (nSPS) is 32.2. The lowest BCUT2D eigenvalue weighted by atomic mass is 9.91. The second kappa shape index (κ2) is 6.24. The summed E-state index contributed by atoms with van der Waals surface area (Å²) in [6.07, 6.45) is 4.41. The molecule has 0 aromatic heterocycles. The van der Waals surface area contributed by atoms with Gasteiger partial charge < -0.3 is 15.4 Å². The van der Waals surface area contributed by atoms with Crippen molar-refractivity contribution in [1.82, 2.24) is 10.6 Å². The molecule has 2 aliphatic rings. The lowest BCUT2D eigenvalue weighted by Gasteiger charge is -2.31. The Morgan fingerprint density at radius 1 is 1.05 bits per heavy atom. The lowest BCUT2D eigenvalue weighted by molar-refractivity contribution is -0.123. The Balaban J connectivity index is 1.75. The molecular formula is C16H28N2O3. The molecule has 2 amide bonds. The fraction of sp³-hybridized carbons (Fsp3) is 0.875. The molecule has 2 aliphatic carbocycles. The Morgan fingerprint density at radius 2 is 1.62 bits per heavy atom. The largest absolute Gasteiger partial charge is 0.444 e. The minimum Gasteiger partial charge on any atom is -0.444 e. The van der Waals surface area contributed by atoms with E-state index in [1.807, 2.05) is 20.8 Å². The van der Waals surface area contributed by atoms with Crippen LogP contribution in [0.3, 0.4) is 0 Å². The van der Waals surface area contributed by atoms with E-state index in [1.165, 1.54) is 0 Å². The SMILES string of the molecule is C[C@@H]1C[C@@H]1C(=O)N[C@H]1CCC[C@@H](NC(=O)OC(C)(C)C)C1. The highest BCUT2D eigenvalue weighted by molar-refractivity contribution is 5.81. The summed E-state index contributed by atoms with van der Waals surface area (Å²) in [4.78, 5) is 23.8. The Labute approximate surface area is 127 Å². The molecule has 0 aliphatic heterocycles. The summed E-state index contributed by atoms with van der Waals surface area (Å²) in [5, 5.41) is 6.05. The van der Waals surface area contributed by atoms with E-state index in [2.05, 4.69) is 17.6 Å². The zero-order valence-electron chi connectivity index (χ0n) is 13.6. The number of carbonyl (C=O) groups excluding carboxylic acids is 2. The van der Waals surface area contributed by atoms with Crippen molar-refractivity contribution in [3.8, 4) is 0 Å². The number of amides is 2. The van der Waals surface area contributed by atoms with Crippen LogP contribution in [0.4, 0.5) is 4.79 Å².